The molecule has 15 heavy (non-hydrogen) atoms. The summed E-state index contributed by atoms with van der Waals surface area (Å²) >= 11 is 0. The minimum atomic E-state index is -3.07. The fourth-order valence-electron chi connectivity index (χ4n) is 0.899. The second-order valence-electron chi connectivity index (χ2n) is 2.49. The minimum Gasteiger partial charge on any atom is -0.477 e. The van der Waals surface area contributed by atoms with E-state index in [1.54, 1.807) is 0 Å². The van der Waals surface area contributed by atoms with Gasteiger partial charge in [-0.2, -0.15) is 0 Å². The van der Waals surface area contributed by atoms with Crippen molar-refractivity contribution in [3.05, 3.63) is 33.6 Å². The first-order valence-electron chi connectivity index (χ1n) is 3.59. The Bertz CT molecular complexity index is 421. The highest BCUT2D eigenvalue weighted by Gasteiger charge is 2.24. The van der Waals surface area contributed by atoms with Crippen molar-refractivity contribution in [1.29, 1.82) is 0 Å². The van der Waals surface area contributed by atoms with Crippen molar-refractivity contribution in [2.75, 3.05) is 0 Å². The number of alkyl halides is 2. The van der Waals surface area contributed by atoms with E-state index in [-0.39, 0.29) is 0 Å². The number of nitro groups is 1. The topological polar surface area (TPSA) is 93.3 Å². The van der Waals surface area contributed by atoms with Crippen molar-refractivity contribution < 1.29 is 23.6 Å². The van der Waals surface area contributed by atoms with Crippen LogP contribution in [0.4, 0.5) is 14.5 Å². The van der Waals surface area contributed by atoms with Crippen LogP contribution in [0.2, 0.25) is 0 Å². The van der Waals surface area contributed by atoms with E-state index in [2.05, 4.69) is 4.98 Å². The van der Waals surface area contributed by atoms with Gasteiger partial charge >= 0.3 is 5.97 Å². The van der Waals surface area contributed by atoms with E-state index in [9.17, 15) is 23.7 Å². The van der Waals surface area contributed by atoms with Gasteiger partial charge in [-0.3, -0.25) is 10.1 Å². The Morgan fingerprint density at radius 3 is 2.60 bits per heavy atom. The molecule has 1 rings (SSSR count). The Hall–Kier alpha value is -2.12. The average molecular weight is 218 g/mol. The molecule has 0 saturated heterocycles. The molecule has 0 bridgehead atoms. The zero-order valence-corrected chi connectivity index (χ0v) is 7.05. The lowest BCUT2D eigenvalue weighted by atomic mass is 10.2. The van der Waals surface area contributed by atoms with Crippen LogP contribution < -0.4 is 0 Å². The highest BCUT2D eigenvalue weighted by molar-refractivity contribution is 5.86. The summed E-state index contributed by atoms with van der Waals surface area (Å²) in [6.45, 7) is 0. The molecule has 80 valence electrons. The second-order valence-corrected chi connectivity index (χ2v) is 2.49. The summed E-state index contributed by atoms with van der Waals surface area (Å²) in [5.41, 5.74) is -2.49. The summed E-state index contributed by atoms with van der Waals surface area (Å²) in [5.74, 6) is -1.51. The molecule has 1 N–H and O–H groups in total. The quantitative estimate of drug-likeness (QED) is 0.614. The molecule has 1 heterocycles. The van der Waals surface area contributed by atoms with Gasteiger partial charge in [0.15, 0.2) is 5.69 Å². The molecule has 0 saturated carbocycles. The first-order chi connectivity index (χ1) is 6.93. The van der Waals surface area contributed by atoms with Crippen molar-refractivity contribution in [2.45, 2.75) is 6.43 Å². The molecule has 0 atom stereocenters. The Kier molecular flexibility index (Phi) is 2.88. The van der Waals surface area contributed by atoms with Crippen molar-refractivity contribution >= 4 is 11.7 Å². The maximum absolute atomic E-state index is 12.2. The van der Waals surface area contributed by atoms with E-state index in [4.69, 9.17) is 5.11 Å². The highest BCUT2D eigenvalue weighted by Crippen LogP contribution is 2.28. The molecule has 0 fully saturated rings. The number of rotatable bonds is 3. The summed E-state index contributed by atoms with van der Waals surface area (Å²) in [5, 5.41) is 18.8. The lowest BCUT2D eigenvalue weighted by Crippen LogP contribution is -2.04. The van der Waals surface area contributed by atoms with Crippen molar-refractivity contribution in [3.63, 3.8) is 0 Å². The highest BCUT2D eigenvalue weighted by atomic mass is 19.3. The van der Waals surface area contributed by atoms with Gasteiger partial charge in [-0.25, -0.2) is 18.6 Å². The van der Waals surface area contributed by atoms with E-state index in [1.807, 2.05) is 0 Å². The van der Waals surface area contributed by atoms with Crippen LogP contribution in [-0.4, -0.2) is 21.0 Å². The van der Waals surface area contributed by atoms with Gasteiger partial charge in [-0.05, 0) is 0 Å². The van der Waals surface area contributed by atoms with Gasteiger partial charge in [-0.15, -0.1) is 0 Å². The number of hydrogen-bond donors (Lipinski definition) is 1. The van der Waals surface area contributed by atoms with Gasteiger partial charge in [0.2, 0.25) is 0 Å². The van der Waals surface area contributed by atoms with Crippen LogP contribution in [0.15, 0.2) is 12.3 Å². The van der Waals surface area contributed by atoms with Crippen LogP contribution in [-0.2, 0) is 0 Å². The maximum Gasteiger partial charge on any atom is 0.354 e. The monoisotopic (exact) mass is 218 g/mol. The number of carboxylic acids is 1. The van der Waals surface area contributed by atoms with Gasteiger partial charge in [-0.1, -0.05) is 0 Å². The van der Waals surface area contributed by atoms with Gasteiger partial charge in [0.05, 0.1) is 4.92 Å². The zero-order chi connectivity index (χ0) is 11.6. The minimum absolute atomic E-state index is 0.492. The number of nitrogens with zero attached hydrogens (tertiary/aromatic N) is 2. The van der Waals surface area contributed by atoms with E-state index in [1.165, 1.54) is 0 Å². The number of aromatic carboxylic acids is 1. The zero-order valence-electron chi connectivity index (χ0n) is 7.05. The second kappa shape index (κ2) is 3.95. The lowest BCUT2D eigenvalue weighted by molar-refractivity contribution is -0.386. The first-order valence-corrected chi connectivity index (χ1v) is 3.59. The van der Waals surface area contributed by atoms with Crippen LogP contribution in [0.25, 0.3) is 0 Å². The molecule has 8 heteroatoms. The molecule has 1 aromatic rings. The molecule has 0 spiro atoms. The summed E-state index contributed by atoms with van der Waals surface area (Å²) in [4.78, 5) is 22.8. The lowest BCUT2D eigenvalue weighted by Gasteiger charge is -2.01. The summed E-state index contributed by atoms with van der Waals surface area (Å²) < 4.78 is 24.5. The average Bonchev–Trinajstić information content (AvgIpc) is 2.16. The largest absolute Gasteiger partial charge is 0.477 e. The number of carboxylic acid groups (broad SMARTS) is 1. The molecule has 0 aliphatic heterocycles. The molecule has 1 aromatic heterocycles. The van der Waals surface area contributed by atoms with Gasteiger partial charge in [0.25, 0.3) is 12.1 Å². The van der Waals surface area contributed by atoms with Crippen LogP contribution in [0.5, 0.6) is 0 Å². The normalized spacial score (nSPS) is 10.3. The molecule has 0 unspecified atom stereocenters. The van der Waals surface area contributed by atoms with Gasteiger partial charge < -0.3 is 5.11 Å². The van der Waals surface area contributed by atoms with Crippen molar-refractivity contribution in [2.24, 2.45) is 0 Å². The fourth-order valence-corrected chi connectivity index (χ4v) is 0.899. The third kappa shape index (κ3) is 2.22. The van der Waals surface area contributed by atoms with E-state index >= 15 is 0 Å². The number of carbonyl (C=O) groups is 1. The predicted molar refractivity (Wildman–Crippen MR) is 42.8 cm³/mol. The standard InChI is InChI=1S/C7H4F2N2O4/c8-6(9)3-2-10-4(7(12)13)1-5(3)11(14)15/h1-2,6H,(H,12,13). The number of pyridine rings is 1. The molecule has 0 radical (unpaired) electrons. The molecule has 6 nitrogen and oxygen atoms in total. The molecular formula is C7H4F2N2O4. The predicted octanol–water partition coefficient (Wildman–Crippen LogP) is 1.63. The Labute approximate surface area is 81.3 Å². The van der Waals surface area contributed by atoms with Crippen LogP contribution >= 0.6 is 0 Å². The molecule has 0 amide bonds. The van der Waals surface area contributed by atoms with Crippen LogP contribution in [0.1, 0.15) is 22.5 Å². The molecular weight excluding hydrogens is 214 g/mol. The Morgan fingerprint density at radius 2 is 2.20 bits per heavy atom. The summed E-state index contributed by atoms with van der Waals surface area (Å²) in [6, 6.07) is 0.504. The van der Waals surface area contributed by atoms with Crippen molar-refractivity contribution in [3.8, 4) is 0 Å². The first kappa shape index (κ1) is 11.0. The van der Waals surface area contributed by atoms with E-state index < -0.39 is 34.3 Å². The molecule has 0 aliphatic carbocycles. The fraction of sp³-hybridized carbons (Fsp3) is 0.143. The number of halogens is 2. The number of aromatic nitrogens is 1. The summed E-state index contributed by atoms with van der Waals surface area (Å²) in [7, 11) is 0. The maximum atomic E-state index is 12.2. The van der Waals surface area contributed by atoms with Crippen molar-refractivity contribution in [1.82, 2.24) is 4.98 Å². The van der Waals surface area contributed by atoms with Gasteiger partial charge in [0.1, 0.15) is 5.56 Å². The van der Waals surface area contributed by atoms with Crippen LogP contribution in [0.3, 0.4) is 0 Å². The number of hydrogen-bond acceptors (Lipinski definition) is 4. The smallest absolute Gasteiger partial charge is 0.354 e. The third-order valence-corrected chi connectivity index (χ3v) is 1.56. The third-order valence-electron chi connectivity index (χ3n) is 1.56. The Balaban J connectivity index is 3.33. The van der Waals surface area contributed by atoms with Crippen LogP contribution in [0, 0.1) is 10.1 Å². The van der Waals surface area contributed by atoms with E-state index in [0.717, 1.165) is 0 Å². The molecule has 0 aliphatic rings. The summed E-state index contributed by atoms with van der Waals surface area (Å²) in [6.07, 6.45) is -2.58. The SMILES string of the molecule is O=C(O)c1cc([N+](=O)[O-])c(C(F)F)cn1. The Morgan fingerprint density at radius 1 is 1.60 bits per heavy atom. The van der Waals surface area contributed by atoms with E-state index in [0.29, 0.717) is 12.3 Å². The molecule has 0 aromatic carbocycles. The van der Waals surface area contributed by atoms with Gasteiger partial charge in [0, 0.05) is 12.3 Å².